The first-order chi connectivity index (χ1) is 12.4. The molecule has 0 radical (unpaired) electrons. The van der Waals surface area contributed by atoms with Crippen molar-refractivity contribution in [1.29, 1.82) is 0 Å². The summed E-state index contributed by atoms with van der Waals surface area (Å²) in [5.74, 6) is 0. The van der Waals surface area contributed by atoms with Crippen molar-refractivity contribution >= 4 is 10.2 Å². The maximum absolute atomic E-state index is 6.30. The lowest BCUT2D eigenvalue weighted by Crippen LogP contribution is -2.55. The molecule has 7 heteroatoms. The molecule has 0 atom stereocenters. The zero-order chi connectivity index (χ0) is 18.7. The summed E-state index contributed by atoms with van der Waals surface area (Å²) < 4.78 is 35.2. The highest BCUT2D eigenvalue weighted by Crippen LogP contribution is 2.37. The molecular weight excluding hydrogens is 352 g/mol. The highest BCUT2D eigenvalue weighted by atomic mass is 28.1. The SMILES string of the molecule is CCC1(COC([SiH3])(OCC2(CC)COC2)OCC2(CC)COC2)COC1. The normalized spacial score (nSPS) is 26.0. The first-order valence-corrected chi connectivity index (χ1v) is 11.1. The van der Waals surface area contributed by atoms with Gasteiger partial charge >= 0.3 is 0 Å². The van der Waals surface area contributed by atoms with E-state index in [9.17, 15) is 0 Å². The largest absolute Gasteiger partial charge is 0.380 e. The fourth-order valence-electron chi connectivity index (χ4n) is 3.32. The molecule has 0 bridgehead atoms. The molecule has 3 aliphatic heterocycles. The first-order valence-electron chi connectivity index (χ1n) is 10.1. The van der Waals surface area contributed by atoms with Crippen LogP contribution in [0.5, 0.6) is 0 Å². The first kappa shape index (κ1) is 20.7. The van der Waals surface area contributed by atoms with E-state index in [0.717, 1.165) is 58.9 Å². The van der Waals surface area contributed by atoms with Crippen molar-refractivity contribution in [3.8, 4) is 0 Å². The van der Waals surface area contributed by atoms with Crippen LogP contribution in [0.2, 0.25) is 0 Å². The smallest absolute Gasteiger partial charge is 0.245 e. The van der Waals surface area contributed by atoms with Crippen molar-refractivity contribution < 1.29 is 28.4 Å². The van der Waals surface area contributed by atoms with Crippen LogP contribution in [0.15, 0.2) is 0 Å². The molecule has 0 aromatic carbocycles. The summed E-state index contributed by atoms with van der Waals surface area (Å²) in [5, 5.41) is 0. The number of hydrogen-bond donors (Lipinski definition) is 0. The zero-order valence-electron chi connectivity index (χ0n) is 16.9. The topological polar surface area (TPSA) is 55.4 Å². The summed E-state index contributed by atoms with van der Waals surface area (Å²) in [7, 11) is 0.647. The summed E-state index contributed by atoms with van der Waals surface area (Å²) in [6.45, 7) is 13.0. The van der Waals surface area contributed by atoms with Gasteiger partial charge in [0, 0.05) is 16.2 Å². The van der Waals surface area contributed by atoms with Crippen LogP contribution in [-0.2, 0) is 28.4 Å². The van der Waals surface area contributed by atoms with E-state index in [0.29, 0.717) is 30.1 Å². The Kier molecular flexibility index (Phi) is 6.49. The van der Waals surface area contributed by atoms with Crippen LogP contribution >= 0.6 is 0 Å². The van der Waals surface area contributed by atoms with Gasteiger partial charge in [0.25, 0.3) is 0 Å². The molecule has 26 heavy (non-hydrogen) atoms. The van der Waals surface area contributed by atoms with Crippen molar-refractivity contribution in [1.82, 2.24) is 0 Å². The predicted molar refractivity (Wildman–Crippen MR) is 101 cm³/mol. The Balaban J connectivity index is 1.59. The van der Waals surface area contributed by atoms with Crippen molar-refractivity contribution in [3.63, 3.8) is 0 Å². The summed E-state index contributed by atoms with van der Waals surface area (Å²) >= 11 is 0. The summed E-state index contributed by atoms with van der Waals surface area (Å²) in [6, 6.07) is 0. The van der Waals surface area contributed by atoms with Crippen LogP contribution < -0.4 is 0 Å². The quantitative estimate of drug-likeness (QED) is 0.371. The molecule has 3 heterocycles. The molecule has 0 amide bonds. The van der Waals surface area contributed by atoms with Crippen LogP contribution in [-0.4, -0.2) is 75.3 Å². The third-order valence-corrected chi connectivity index (χ3v) is 7.49. The summed E-state index contributed by atoms with van der Waals surface area (Å²) in [5.41, 5.74) is -0.557. The maximum atomic E-state index is 6.30. The lowest BCUT2D eigenvalue weighted by Gasteiger charge is -2.47. The van der Waals surface area contributed by atoms with E-state index in [1.54, 1.807) is 0 Å². The molecule has 3 saturated heterocycles. The Hall–Kier alpha value is -0.0231. The molecule has 3 rings (SSSR count). The van der Waals surface area contributed by atoms with Crippen LogP contribution in [0.25, 0.3) is 0 Å². The van der Waals surface area contributed by atoms with Gasteiger partial charge in [0.1, 0.15) is 10.2 Å². The average molecular weight is 389 g/mol. The molecule has 0 aliphatic carbocycles. The van der Waals surface area contributed by atoms with Crippen LogP contribution in [0.1, 0.15) is 40.0 Å². The van der Waals surface area contributed by atoms with E-state index >= 15 is 0 Å². The molecule has 0 aromatic rings. The molecule has 0 aromatic heterocycles. The second-order valence-corrected chi connectivity index (χ2v) is 9.99. The van der Waals surface area contributed by atoms with Crippen LogP contribution in [0, 0.1) is 16.2 Å². The van der Waals surface area contributed by atoms with E-state index in [2.05, 4.69) is 20.8 Å². The van der Waals surface area contributed by atoms with E-state index < -0.39 is 5.60 Å². The third-order valence-electron chi connectivity index (χ3n) is 6.62. The molecule has 152 valence electrons. The van der Waals surface area contributed by atoms with Crippen LogP contribution in [0.3, 0.4) is 0 Å². The van der Waals surface area contributed by atoms with Gasteiger partial charge in [0.2, 0.25) is 5.60 Å². The standard InChI is InChI=1S/C19H36O6Si/c1-4-16(7-20-8-16)13-23-19(26,24-14-17(5-2)9-21-10-17)25-15-18(6-3)11-22-12-18/h4-15H2,1-3,26H3. The minimum Gasteiger partial charge on any atom is -0.380 e. The lowest BCUT2D eigenvalue weighted by molar-refractivity contribution is -0.366. The number of hydrogen-bond acceptors (Lipinski definition) is 6. The molecule has 0 saturated carbocycles. The van der Waals surface area contributed by atoms with Crippen molar-refractivity contribution in [2.24, 2.45) is 16.2 Å². The van der Waals surface area contributed by atoms with Crippen molar-refractivity contribution in [2.75, 3.05) is 59.5 Å². The molecule has 0 unspecified atom stereocenters. The maximum Gasteiger partial charge on any atom is 0.245 e. The van der Waals surface area contributed by atoms with Gasteiger partial charge in [0.15, 0.2) is 0 Å². The summed E-state index contributed by atoms with van der Waals surface area (Å²) in [4.78, 5) is 0. The zero-order valence-corrected chi connectivity index (χ0v) is 18.9. The van der Waals surface area contributed by atoms with E-state index in [1.165, 1.54) is 0 Å². The van der Waals surface area contributed by atoms with Gasteiger partial charge in [-0.1, -0.05) is 20.8 Å². The highest BCUT2D eigenvalue weighted by Gasteiger charge is 2.45. The van der Waals surface area contributed by atoms with Gasteiger partial charge in [-0.3, -0.25) is 0 Å². The fourth-order valence-corrected chi connectivity index (χ4v) is 3.75. The molecule has 3 aliphatic rings. The summed E-state index contributed by atoms with van der Waals surface area (Å²) in [6.07, 6.45) is 3.14. The average Bonchev–Trinajstić information content (AvgIpc) is 2.53. The van der Waals surface area contributed by atoms with E-state index in [-0.39, 0.29) is 16.2 Å². The minimum atomic E-state index is -0.909. The monoisotopic (exact) mass is 388 g/mol. The van der Waals surface area contributed by atoms with Gasteiger partial charge in [-0.25, -0.2) is 0 Å². The van der Waals surface area contributed by atoms with Gasteiger partial charge in [0.05, 0.1) is 59.5 Å². The Morgan fingerprint density at radius 3 is 1.08 bits per heavy atom. The second kappa shape index (κ2) is 8.15. The highest BCUT2D eigenvalue weighted by molar-refractivity contribution is 6.12. The molecular formula is C19H36O6Si. The van der Waals surface area contributed by atoms with Crippen LogP contribution in [0.4, 0.5) is 0 Å². The van der Waals surface area contributed by atoms with Gasteiger partial charge < -0.3 is 28.4 Å². The van der Waals surface area contributed by atoms with Gasteiger partial charge in [-0.15, -0.1) is 0 Å². The minimum absolute atomic E-state index is 0.117. The van der Waals surface area contributed by atoms with Gasteiger partial charge in [-0.2, -0.15) is 0 Å². The third kappa shape index (κ3) is 4.34. The molecule has 6 nitrogen and oxygen atoms in total. The number of rotatable bonds is 12. The van der Waals surface area contributed by atoms with Crippen molar-refractivity contribution in [3.05, 3.63) is 0 Å². The Morgan fingerprint density at radius 1 is 0.654 bits per heavy atom. The molecule has 0 spiro atoms. The lowest BCUT2D eigenvalue weighted by atomic mass is 9.84. The predicted octanol–water partition coefficient (Wildman–Crippen LogP) is 1.29. The molecule has 3 fully saturated rings. The molecule has 0 N–H and O–H groups in total. The van der Waals surface area contributed by atoms with E-state index in [4.69, 9.17) is 28.4 Å². The Bertz CT molecular complexity index is 378. The Morgan fingerprint density at radius 2 is 0.923 bits per heavy atom. The van der Waals surface area contributed by atoms with Crippen molar-refractivity contribution in [2.45, 2.75) is 45.6 Å². The Labute approximate surface area is 160 Å². The second-order valence-electron chi connectivity index (χ2n) is 8.77. The number of ether oxygens (including phenoxy) is 6. The fraction of sp³-hybridized carbons (Fsp3) is 1.00. The van der Waals surface area contributed by atoms with E-state index in [1.807, 2.05) is 0 Å². The van der Waals surface area contributed by atoms with Gasteiger partial charge in [-0.05, 0) is 19.3 Å².